The summed E-state index contributed by atoms with van der Waals surface area (Å²) in [5.41, 5.74) is 4.48. The molecule has 0 bridgehead atoms. The number of phenols is 1. The molecule has 0 radical (unpaired) electrons. The van der Waals surface area contributed by atoms with Crippen molar-refractivity contribution in [1.29, 1.82) is 0 Å². The topological polar surface area (TPSA) is 100 Å². The fraction of sp³-hybridized carbons (Fsp3) is 0.211. The summed E-state index contributed by atoms with van der Waals surface area (Å²) in [6.07, 6.45) is 1.41. The highest BCUT2D eigenvalue weighted by Gasteiger charge is 2.09. The van der Waals surface area contributed by atoms with Gasteiger partial charge in [-0.05, 0) is 59.6 Å². The Balaban J connectivity index is 1.88. The molecule has 0 aliphatic carbocycles. The van der Waals surface area contributed by atoms with Crippen molar-refractivity contribution in [2.24, 2.45) is 5.10 Å². The number of hydrazone groups is 1. The highest BCUT2D eigenvalue weighted by Crippen LogP contribution is 2.34. The van der Waals surface area contributed by atoms with Crippen molar-refractivity contribution in [3.8, 4) is 11.5 Å². The van der Waals surface area contributed by atoms with Crippen LogP contribution in [0.15, 0.2) is 46.0 Å². The van der Waals surface area contributed by atoms with E-state index < -0.39 is 5.91 Å². The van der Waals surface area contributed by atoms with E-state index in [0.717, 1.165) is 5.56 Å². The molecule has 2 rings (SSSR count). The zero-order valence-electron chi connectivity index (χ0n) is 15.0. The number of hydrogen-bond acceptors (Lipinski definition) is 5. The summed E-state index contributed by atoms with van der Waals surface area (Å²) in [4.78, 5) is 23.8. The smallest absolute Gasteiger partial charge is 0.259 e. The van der Waals surface area contributed by atoms with Crippen LogP contribution in [-0.2, 0) is 4.79 Å². The summed E-state index contributed by atoms with van der Waals surface area (Å²) in [7, 11) is 0. The average Bonchev–Trinajstić information content (AvgIpc) is 2.64. The molecule has 2 aromatic rings. The van der Waals surface area contributed by atoms with Gasteiger partial charge in [0.15, 0.2) is 11.5 Å². The summed E-state index contributed by atoms with van der Waals surface area (Å²) in [5, 5.41) is 16.2. The quantitative estimate of drug-likeness (QED) is 0.461. The first-order chi connectivity index (χ1) is 12.9. The number of halogens is 1. The minimum atomic E-state index is -0.463. The van der Waals surface area contributed by atoms with E-state index in [9.17, 15) is 14.7 Å². The number of phenolic OH excluding ortho intramolecular Hbond substituents is 1. The summed E-state index contributed by atoms with van der Waals surface area (Å²) in [6.45, 7) is 3.93. The Bertz CT molecular complexity index is 851. The fourth-order valence-corrected chi connectivity index (χ4v) is 2.58. The SMILES string of the molecule is CCOc1cc(/C=N/NC(=O)CNC(=O)c2ccc(C)cc2)cc(Br)c1O. The molecule has 0 spiro atoms. The molecule has 3 N–H and O–H groups in total. The minimum Gasteiger partial charge on any atom is -0.503 e. The number of ether oxygens (including phenoxy) is 1. The van der Waals surface area contributed by atoms with Crippen molar-refractivity contribution in [3.63, 3.8) is 0 Å². The van der Waals surface area contributed by atoms with Crippen molar-refractivity contribution in [1.82, 2.24) is 10.7 Å². The van der Waals surface area contributed by atoms with Gasteiger partial charge in [-0.3, -0.25) is 9.59 Å². The van der Waals surface area contributed by atoms with Gasteiger partial charge in [0.05, 0.1) is 23.8 Å². The van der Waals surface area contributed by atoms with E-state index >= 15 is 0 Å². The second kappa shape index (κ2) is 9.72. The third-order valence-electron chi connectivity index (χ3n) is 3.48. The van der Waals surface area contributed by atoms with Gasteiger partial charge in [-0.15, -0.1) is 0 Å². The second-order valence-corrected chi connectivity index (χ2v) is 6.48. The summed E-state index contributed by atoms with van der Waals surface area (Å²) in [5.74, 6) is -0.491. The van der Waals surface area contributed by atoms with Crippen LogP contribution in [0.3, 0.4) is 0 Å². The Morgan fingerprint density at radius 1 is 1.26 bits per heavy atom. The zero-order chi connectivity index (χ0) is 19.8. The molecule has 27 heavy (non-hydrogen) atoms. The predicted octanol–water partition coefficient (Wildman–Crippen LogP) is 2.74. The van der Waals surface area contributed by atoms with E-state index in [1.165, 1.54) is 6.21 Å². The van der Waals surface area contributed by atoms with E-state index in [4.69, 9.17) is 4.74 Å². The molecule has 142 valence electrons. The minimum absolute atomic E-state index is 0.00291. The van der Waals surface area contributed by atoms with Gasteiger partial charge < -0.3 is 15.2 Å². The van der Waals surface area contributed by atoms with Gasteiger partial charge in [0.25, 0.3) is 11.8 Å². The summed E-state index contributed by atoms with van der Waals surface area (Å²) >= 11 is 3.23. The molecule has 2 aromatic carbocycles. The number of carbonyl (C=O) groups is 2. The summed E-state index contributed by atoms with van der Waals surface area (Å²) in [6, 6.07) is 10.3. The van der Waals surface area contributed by atoms with Crippen molar-refractivity contribution >= 4 is 34.0 Å². The van der Waals surface area contributed by atoms with Crippen molar-refractivity contribution in [3.05, 3.63) is 57.6 Å². The van der Waals surface area contributed by atoms with Gasteiger partial charge in [0, 0.05) is 5.56 Å². The third kappa shape index (κ3) is 6.10. The van der Waals surface area contributed by atoms with Crippen molar-refractivity contribution in [2.75, 3.05) is 13.2 Å². The molecule has 0 saturated heterocycles. The number of carbonyl (C=O) groups excluding carboxylic acids is 2. The lowest BCUT2D eigenvalue weighted by atomic mass is 10.1. The Morgan fingerprint density at radius 2 is 1.96 bits per heavy atom. The normalized spacial score (nSPS) is 10.6. The number of aryl methyl sites for hydroxylation is 1. The van der Waals surface area contributed by atoms with Gasteiger partial charge in [0.2, 0.25) is 0 Å². The molecule has 0 fully saturated rings. The molecule has 0 aliphatic rings. The lowest BCUT2D eigenvalue weighted by Gasteiger charge is -2.08. The van der Waals surface area contributed by atoms with Gasteiger partial charge in [-0.1, -0.05) is 17.7 Å². The Hall–Kier alpha value is -2.87. The van der Waals surface area contributed by atoms with Gasteiger partial charge in [-0.2, -0.15) is 5.10 Å². The molecule has 0 unspecified atom stereocenters. The van der Waals surface area contributed by atoms with E-state index in [-0.39, 0.29) is 18.2 Å². The Labute approximate surface area is 165 Å². The van der Waals surface area contributed by atoms with E-state index in [1.54, 1.807) is 31.2 Å². The Morgan fingerprint density at radius 3 is 2.63 bits per heavy atom. The molecule has 0 aromatic heterocycles. The first kappa shape index (κ1) is 20.4. The fourth-order valence-electron chi connectivity index (χ4n) is 2.12. The van der Waals surface area contributed by atoms with Gasteiger partial charge >= 0.3 is 0 Å². The first-order valence-electron chi connectivity index (χ1n) is 8.22. The maximum absolute atomic E-state index is 12.0. The van der Waals surface area contributed by atoms with Crippen LogP contribution >= 0.6 is 15.9 Å². The second-order valence-electron chi connectivity index (χ2n) is 5.62. The van der Waals surface area contributed by atoms with Crippen LogP contribution in [0.1, 0.15) is 28.4 Å². The number of benzene rings is 2. The van der Waals surface area contributed by atoms with Crippen LogP contribution in [0.4, 0.5) is 0 Å². The van der Waals surface area contributed by atoms with Crippen LogP contribution in [0.2, 0.25) is 0 Å². The van der Waals surface area contributed by atoms with Crippen molar-refractivity contribution < 1.29 is 19.4 Å². The lowest BCUT2D eigenvalue weighted by Crippen LogP contribution is -2.34. The van der Waals surface area contributed by atoms with Gasteiger partial charge in [-0.25, -0.2) is 5.43 Å². The van der Waals surface area contributed by atoms with Crippen LogP contribution < -0.4 is 15.5 Å². The highest BCUT2D eigenvalue weighted by molar-refractivity contribution is 9.10. The molecule has 7 nitrogen and oxygen atoms in total. The average molecular weight is 434 g/mol. The van der Waals surface area contributed by atoms with Crippen LogP contribution in [0.5, 0.6) is 11.5 Å². The van der Waals surface area contributed by atoms with Crippen LogP contribution in [-0.4, -0.2) is 36.3 Å². The molecule has 0 saturated carbocycles. The number of nitrogens with zero attached hydrogens (tertiary/aromatic N) is 1. The standard InChI is InChI=1S/C19H20BrN3O4/c1-3-27-16-9-13(8-15(20)18(16)25)10-22-23-17(24)11-21-19(26)14-6-4-12(2)5-7-14/h4-10,25H,3,11H2,1-2H3,(H,21,26)(H,23,24)/b22-10+. The zero-order valence-corrected chi connectivity index (χ0v) is 16.5. The molecular formula is C19H20BrN3O4. The molecule has 8 heteroatoms. The third-order valence-corrected chi connectivity index (χ3v) is 4.08. The number of rotatable bonds is 7. The monoisotopic (exact) mass is 433 g/mol. The maximum atomic E-state index is 12.0. The van der Waals surface area contributed by atoms with Crippen molar-refractivity contribution in [2.45, 2.75) is 13.8 Å². The number of hydrogen-bond donors (Lipinski definition) is 3. The van der Waals surface area contributed by atoms with E-state index in [1.807, 2.05) is 19.1 Å². The van der Waals surface area contributed by atoms with Crippen LogP contribution in [0, 0.1) is 6.92 Å². The largest absolute Gasteiger partial charge is 0.503 e. The Kier molecular flexibility index (Phi) is 7.36. The van der Waals surface area contributed by atoms with Gasteiger partial charge in [0.1, 0.15) is 0 Å². The lowest BCUT2D eigenvalue weighted by molar-refractivity contribution is -0.120. The highest BCUT2D eigenvalue weighted by atomic mass is 79.9. The maximum Gasteiger partial charge on any atom is 0.259 e. The van der Waals surface area contributed by atoms with Crippen LogP contribution in [0.25, 0.3) is 0 Å². The van der Waals surface area contributed by atoms with E-state index in [0.29, 0.717) is 28.0 Å². The first-order valence-corrected chi connectivity index (χ1v) is 9.02. The number of nitrogens with one attached hydrogen (secondary N) is 2. The molecule has 0 aliphatic heterocycles. The molecule has 0 heterocycles. The molecule has 0 atom stereocenters. The summed E-state index contributed by atoms with van der Waals surface area (Å²) < 4.78 is 5.77. The molecular weight excluding hydrogens is 414 g/mol. The van der Waals surface area contributed by atoms with E-state index in [2.05, 4.69) is 31.8 Å². The molecule has 2 amide bonds. The number of aromatic hydroxyl groups is 1. The predicted molar refractivity (Wildman–Crippen MR) is 106 cm³/mol. The number of amides is 2.